The summed E-state index contributed by atoms with van der Waals surface area (Å²) in [6.45, 7) is 3.95. The molecule has 0 bridgehead atoms. The van der Waals surface area contributed by atoms with Crippen LogP contribution in [0.5, 0.6) is 0 Å². The van der Waals surface area contributed by atoms with Gasteiger partial charge in [-0.2, -0.15) is 0 Å². The van der Waals surface area contributed by atoms with E-state index in [2.05, 4.69) is 37.2 Å². The summed E-state index contributed by atoms with van der Waals surface area (Å²) in [6.07, 6.45) is 0. The molecule has 1 amide bonds. The maximum absolute atomic E-state index is 12.2. The van der Waals surface area contributed by atoms with Crippen LogP contribution in [0.15, 0.2) is 51.4 Å². The Labute approximate surface area is 135 Å². The summed E-state index contributed by atoms with van der Waals surface area (Å²) in [5, 5.41) is 3.01. The van der Waals surface area contributed by atoms with Crippen molar-refractivity contribution < 1.29 is 4.79 Å². The lowest BCUT2D eigenvalue weighted by atomic mass is 10.1. The summed E-state index contributed by atoms with van der Waals surface area (Å²) in [5.41, 5.74) is 2.80. The average molecular weight is 397 g/mol. The van der Waals surface area contributed by atoms with Gasteiger partial charge >= 0.3 is 0 Å². The predicted molar refractivity (Wildman–Crippen MR) is 88.9 cm³/mol. The van der Waals surface area contributed by atoms with Crippen molar-refractivity contribution in [2.24, 2.45) is 0 Å². The van der Waals surface area contributed by atoms with Gasteiger partial charge in [-0.25, -0.2) is 0 Å². The molecule has 0 aliphatic rings. The van der Waals surface area contributed by atoms with Crippen LogP contribution in [-0.4, -0.2) is 5.91 Å². The molecule has 2 nitrogen and oxygen atoms in total. The van der Waals surface area contributed by atoms with E-state index in [4.69, 9.17) is 0 Å². The van der Waals surface area contributed by atoms with Crippen molar-refractivity contribution >= 4 is 37.8 Å². The molecule has 0 fully saturated rings. The SMILES string of the molecule is Cc1cc(C(=O)N[C@@H](C)c2ccc(Br)cc2)ccc1Br. The summed E-state index contributed by atoms with van der Waals surface area (Å²) < 4.78 is 2.04. The number of benzene rings is 2. The van der Waals surface area contributed by atoms with Gasteiger partial charge in [0.05, 0.1) is 6.04 Å². The van der Waals surface area contributed by atoms with Crippen LogP contribution in [-0.2, 0) is 0 Å². The number of hydrogen-bond donors (Lipinski definition) is 1. The first-order chi connectivity index (χ1) is 9.47. The van der Waals surface area contributed by atoms with Crippen molar-refractivity contribution in [1.29, 1.82) is 0 Å². The fraction of sp³-hybridized carbons (Fsp3) is 0.188. The Morgan fingerprint density at radius 2 is 1.75 bits per heavy atom. The molecule has 104 valence electrons. The van der Waals surface area contributed by atoms with Gasteiger partial charge in [-0.1, -0.05) is 44.0 Å². The van der Waals surface area contributed by atoms with Crippen LogP contribution in [0.4, 0.5) is 0 Å². The van der Waals surface area contributed by atoms with E-state index in [1.807, 2.05) is 56.3 Å². The molecule has 0 heterocycles. The second-order valence-corrected chi connectivity index (χ2v) is 6.48. The minimum absolute atomic E-state index is 0.0282. The van der Waals surface area contributed by atoms with E-state index in [0.717, 1.165) is 20.1 Å². The molecule has 20 heavy (non-hydrogen) atoms. The van der Waals surface area contributed by atoms with E-state index in [0.29, 0.717) is 5.56 Å². The number of nitrogens with one attached hydrogen (secondary N) is 1. The number of aryl methyl sites for hydroxylation is 1. The molecule has 0 aliphatic heterocycles. The van der Waals surface area contributed by atoms with E-state index in [9.17, 15) is 4.79 Å². The van der Waals surface area contributed by atoms with Gasteiger partial charge in [0.2, 0.25) is 0 Å². The first kappa shape index (κ1) is 15.3. The van der Waals surface area contributed by atoms with Crippen molar-refractivity contribution in [1.82, 2.24) is 5.32 Å². The highest BCUT2D eigenvalue weighted by atomic mass is 79.9. The minimum Gasteiger partial charge on any atom is -0.346 e. The van der Waals surface area contributed by atoms with Crippen LogP contribution in [0.2, 0.25) is 0 Å². The lowest BCUT2D eigenvalue weighted by molar-refractivity contribution is 0.0940. The van der Waals surface area contributed by atoms with Gasteiger partial charge in [-0.3, -0.25) is 4.79 Å². The summed E-state index contributed by atoms with van der Waals surface area (Å²) >= 11 is 6.84. The second kappa shape index (κ2) is 6.55. The smallest absolute Gasteiger partial charge is 0.251 e. The van der Waals surface area contributed by atoms with E-state index in [1.165, 1.54) is 0 Å². The Morgan fingerprint density at radius 1 is 1.10 bits per heavy atom. The summed E-state index contributed by atoms with van der Waals surface area (Å²) in [4.78, 5) is 12.2. The lowest BCUT2D eigenvalue weighted by Gasteiger charge is -2.15. The second-order valence-electron chi connectivity index (χ2n) is 4.71. The Morgan fingerprint density at radius 3 is 2.35 bits per heavy atom. The fourth-order valence-electron chi connectivity index (χ4n) is 1.90. The zero-order chi connectivity index (χ0) is 14.7. The maximum Gasteiger partial charge on any atom is 0.251 e. The molecule has 2 rings (SSSR count). The summed E-state index contributed by atoms with van der Waals surface area (Å²) in [5.74, 6) is -0.0592. The van der Waals surface area contributed by atoms with Crippen LogP contribution in [0.1, 0.15) is 34.5 Å². The largest absolute Gasteiger partial charge is 0.346 e. The van der Waals surface area contributed by atoms with Gasteiger partial charge in [0, 0.05) is 14.5 Å². The third-order valence-corrected chi connectivity index (χ3v) is 4.56. The maximum atomic E-state index is 12.2. The molecule has 1 N–H and O–H groups in total. The molecule has 0 aliphatic carbocycles. The van der Waals surface area contributed by atoms with Crippen LogP contribution in [0, 0.1) is 6.92 Å². The molecule has 1 atom stereocenters. The van der Waals surface area contributed by atoms with Gasteiger partial charge in [0.15, 0.2) is 0 Å². The normalized spacial score (nSPS) is 12.0. The number of rotatable bonds is 3. The number of carbonyl (C=O) groups is 1. The third kappa shape index (κ3) is 3.70. The Kier molecular flexibility index (Phi) is 5.00. The molecule has 0 aromatic heterocycles. The van der Waals surface area contributed by atoms with E-state index < -0.39 is 0 Å². The molecular weight excluding hydrogens is 382 g/mol. The minimum atomic E-state index is -0.0592. The molecule has 4 heteroatoms. The quantitative estimate of drug-likeness (QED) is 0.775. The van der Waals surface area contributed by atoms with Crippen molar-refractivity contribution in [3.8, 4) is 0 Å². The third-order valence-electron chi connectivity index (χ3n) is 3.14. The van der Waals surface area contributed by atoms with E-state index in [-0.39, 0.29) is 11.9 Å². The fourth-order valence-corrected chi connectivity index (χ4v) is 2.41. The van der Waals surface area contributed by atoms with Gasteiger partial charge in [-0.15, -0.1) is 0 Å². The molecule has 0 unspecified atom stereocenters. The van der Waals surface area contributed by atoms with Gasteiger partial charge in [0.1, 0.15) is 0 Å². The van der Waals surface area contributed by atoms with Crippen molar-refractivity contribution in [3.63, 3.8) is 0 Å². The highest BCUT2D eigenvalue weighted by Crippen LogP contribution is 2.19. The van der Waals surface area contributed by atoms with Crippen molar-refractivity contribution in [2.45, 2.75) is 19.9 Å². The van der Waals surface area contributed by atoms with Crippen LogP contribution in [0.25, 0.3) is 0 Å². The van der Waals surface area contributed by atoms with Crippen molar-refractivity contribution in [2.75, 3.05) is 0 Å². The molecule has 0 spiro atoms. The Hall–Kier alpha value is -1.13. The Bertz CT molecular complexity index is 623. The van der Waals surface area contributed by atoms with E-state index >= 15 is 0 Å². The highest BCUT2D eigenvalue weighted by molar-refractivity contribution is 9.10. The number of carbonyl (C=O) groups excluding carboxylic acids is 1. The standard InChI is InChI=1S/C16H15Br2NO/c1-10-9-13(5-8-15(10)18)16(20)19-11(2)12-3-6-14(17)7-4-12/h3-9,11H,1-2H3,(H,19,20)/t11-/m0/s1. The molecular formula is C16H15Br2NO. The topological polar surface area (TPSA) is 29.1 Å². The van der Waals surface area contributed by atoms with Crippen LogP contribution in [0.3, 0.4) is 0 Å². The molecule has 0 saturated heterocycles. The van der Waals surface area contributed by atoms with Gasteiger partial charge < -0.3 is 5.32 Å². The first-order valence-electron chi connectivity index (χ1n) is 6.30. The summed E-state index contributed by atoms with van der Waals surface area (Å²) in [7, 11) is 0. The van der Waals surface area contributed by atoms with Crippen LogP contribution >= 0.6 is 31.9 Å². The molecule has 0 saturated carbocycles. The number of halogens is 2. The van der Waals surface area contributed by atoms with Gasteiger partial charge in [-0.05, 0) is 55.3 Å². The Balaban J connectivity index is 2.10. The predicted octanol–water partition coefficient (Wildman–Crippen LogP) is 5.01. The average Bonchev–Trinajstić information content (AvgIpc) is 2.42. The lowest BCUT2D eigenvalue weighted by Crippen LogP contribution is -2.26. The monoisotopic (exact) mass is 395 g/mol. The first-order valence-corrected chi connectivity index (χ1v) is 7.88. The van der Waals surface area contributed by atoms with E-state index in [1.54, 1.807) is 0 Å². The van der Waals surface area contributed by atoms with Crippen molar-refractivity contribution in [3.05, 3.63) is 68.1 Å². The zero-order valence-corrected chi connectivity index (χ0v) is 14.5. The number of amides is 1. The molecule has 2 aromatic rings. The summed E-state index contributed by atoms with van der Waals surface area (Å²) in [6, 6.07) is 13.5. The number of hydrogen-bond acceptors (Lipinski definition) is 1. The molecule has 0 radical (unpaired) electrons. The highest BCUT2D eigenvalue weighted by Gasteiger charge is 2.12. The zero-order valence-electron chi connectivity index (χ0n) is 11.3. The molecule has 2 aromatic carbocycles. The van der Waals surface area contributed by atoms with Gasteiger partial charge in [0.25, 0.3) is 5.91 Å². The van der Waals surface area contributed by atoms with Crippen LogP contribution < -0.4 is 5.32 Å².